The molecule has 2 saturated heterocycles. The summed E-state index contributed by atoms with van der Waals surface area (Å²) in [5.74, 6) is 0.353. The van der Waals surface area contributed by atoms with E-state index in [-0.39, 0.29) is 35.9 Å². The number of pyridine rings is 1. The molecule has 1 aromatic heterocycles. The molecular weight excluding hydrogens is 503 g/mol. The van der Waals surface area contributed by atoms with E-state index in [2.05, 4.69) is 4.98 Å². The lowest BCUT2D eigenvalue weighted by Gasteiger charge is -2.32. The largest absolute Gasteiger partial charge is 0.474 e. The average Bonchev–Trinajstić information content (AvgIpc) is 3.35. The molecule has 0 saturated carbocycles. The number of nitriles is 1. The molecular formula is C26H28Cl2N4O4. The number of hydrogen-bond acceptors (Lipinski definition) is 6. The Morgan fingerprint density at radius 2 is 1.86 bits per heavy atom. The molecule has 2 aliphatic rings. The Morgan fingerprint density at radius 1 is 1.11 bits per heavy atom. The van der Waals surface area contributed by atoms with Crippen LogP contribution in [0.25, 0.3) is 0 Å². The van der Waals surface area contributed by atoms with Gasteiger partial charge in [-0.1, -0.05) is 29.3 Å². The Morgan fingerprint density at radius 3 is 2.47 bits per heavy atom. The van der Waals surface area contributed by atoms with Crippen LogP contribution in [0.3, 0.4) is 0 Å². The third kappa shape index (κ3) is 5.69. The zero-order valence-electron chi connectivity index (χ0n) is 20.2. The normalized spacial score (nSPS) is 21.1. The van der Waals surface area contributed by atoms with Crippen molar-refractivity contribution in [2.45, 2.75) is 31.8 Å². The van der Waals surface area contributed by atoms with Crippen LogP contribution in [0.5, 0.6) is 5.88 Å². The van der Waals surface area contributed by atoms with Gasteiger partial charge in [0.05, 0.1) is 22.7 Å². The molecule has 190 valence electrons. The van der Waals surface area contributed by atoms with Gasteiger partial charge in [-0.05, 0) is 43.5 Å². The van der Waals surface area contributed by atoms with E-state index in [0.29, 0.717) is 60.5 Å². The van der Waals surface area contributed by atoms with Crippen LogP contribution in [0.1, 0.15) is 36.8 Å². The minimum absolute atomic E-state index is 0.00717. The van der Waals surface area contributed by atoms with Crippen LogP contribution in [0.2, 0.25) is 10.0 Å². The van der Waals surface area contributed by atoms with E-state index < -0.39 is 0 Å². The van der Waals surface area contributed by atoms with Crippen molar-refractivity contribution in [3.05, 3.63) is 57.7 Å². The van der Waals surface area contributed by atoms with Crippen LogP contribution in [-0.2, 0) is 9.53 Å². The maximum atomic E-state index is 13.5. The summed E-state index contributed by atoms with van der Waals surface area (Å²) < 4.78 is 11.0. The molecule has 0 radical (unpaired) electrons. The highest BCUT2D eigenvalue weighted by Gasteiger charge is 2.42. The van der Waals surface area contributed by atoms with Crippen molar-refractivity contribution in [2.75, 3.05) is 33.3 Å². The Kier molecular flexibility index (Phi) is 8.22. The number of hydrogen-bond donors (Lipinski definition) is 0. The second-order valence-corrected chi connectivity index (χ2v) is 10.1. The van der Waals surface area contributed by atoms with Gasteiger partial charge in [-0.25, -0.2) is 9.78 Å². The molecule has 36 heavy (non-hydrogen) atoms. The summed E-state index contributed by atoms with van der Waals surface area (Å²) in [6, 6.07) is 11.0. The number of benzene rings is 1. The molecule has 0 unspecified atom stereocenters. The number of rotatable bonds is 5. The Bertz CT molecular complexity index is 1150. The number of halogens is 2. The maximum Gasteiger partial charge on any atom is 0.409 e. The van der Waals surface area contributed by atoms with Crippen molar-refractivity contribution in [3.63, 3.8) is 0 Å². The predicted molar refractivity (Wildman–Crippen MR) is 135 cm³/mol. The first-order chi connectivity index (χ1) is 17.3. The van der Waals surface area contributed by atoms with E-state index >= 15 is 0 Å². The van der Waals surface area contributed by atoms with Crippen molar-refractivity contribution in [1.82, 2.24) is 14.8 Å². The van der Waals surface area contributed by atoms with Crippen molar-refractivity contribution >= 4 is 35.2 Å². The predicted octanol–water partition coefficient (Wildman–Crippen LogP) is 4.75. The minimum Gasteiger partial charge on any atom is -0.474 e. The second kappa shape index (κ2) is 11.4. The first-order valence-corrected chi connectivity index (χ1v) is 12.7. The van der Waals surface area contributed by atoms with Gasteiger partial charge in [0.1, 0.15) is 12.2 Å². The third-order valence-electron chi connectivity index (χ3n) is 7.10. The highest BCUT2D eigenvalue weighted by molar-refractivity contribution is 6.42. The van der Waals surface area contributed by atoms with E-state index in [1.165, 1.54) is 13.3 Å². The number of carbonyl (C=O) groups is 2. The van der Waals surface area contributed by atoms with E-state index in [1.807, 2.05) is 30.0 Å². The van der Waals surface area contributed by atoms with E-state index in [1.54, 1.807) is 23.1 Å². The van der Waals surface area contributed by atoms with Gasteiger partial charge in [0.2, 0.25) is 11.8 Å². The smallest absolute Gasteiger partial charge is 0.409 e. The molecule has 3 heterocycles. The van der Waals surface area contributed by atoms with Crippen LogP contribution >= 0.6 is 23.2 Å². The number of amides is 2. The minimum atomic E-state index is -0.357. The molecule has 10 heteroatoms. The summed E-state index contributed by atoms with van der Waals surface area (Å²) in [6.45, 7) is 4.03. The molecule has 2 aliphatic heterocycles. The topological polar surface area (TPSA) is 95.8 Å². The average molecular weight is 531 g/mol. The van der Waals surface area contributed by atoms with Gasteiger partial charge in [-0.3, -0.25) is 4.79 Å². The number of carbonyl (C=O) groups excluding carboxylic acids is 2. The third-order valence-corrected chi connectivity index (χ3v) is 7.84. The van der Waals surface area contributed by atoms with Gasteiger partial charge in [-0.15, -0.1) is 0 Å². The molecule has 0 bridgehead atoms. The molecule has 4 rings (SSSR count). The van der Waals surface area contributed by atoms with E-state index in [4.69, 9.17) is 37.9 Å². The molecule has 3 atom stereocenters. The molecule has 0 N–H and O–H groups in total. The van der Waals surface area contributed by atoms with Crippen LogP contribution in [0, 0.1) is 23.2 Å². The lowest BCUT2D eigenvalue weighted by atomic mass is 9.86. The van der Waals surface area contributed by atoms with Crippen LogP contribution < -0.4 is 4.74 Å². The fourth-order valence-electron chi connectivity index (χ4n) is 5.07. The molecule has 1 aromatic carbocycles. The number of piperidine rings is 1. The van der Waals surface area contributed by atoms with Crippen molar-refractivity contribution in [1.29, 1.82) is 5.26 Å². The van der Waals surface area contributed by atoms with Crippen LogP contribution in [0.4, 0.5) is 4.79 Å². The molecule has 2 amide bonds. The second-order valence-electron chi connectivity index (χ2n) is 9.24. The van der Waals surface area contributed by atoms with Gasteiger partial charge in [0.25, 0.3) is 0 Å². The number of methoxy groups -OCH3 is 1. The Balaban J connectivity index is 1.51. The lowest BCUT2D eigenvalue weighted by molar-refractivity contribution is -0.136. The monoisotopic (exact) mass is 530 g/mol. The molecule has 2 aromatic rings. The molecule has 2 fully saturated rings. The quantitative estimate of drug-likeness (QED) is 0.553. The molecule has 0 aliphatic carbocycles. The Hall–Kier alpha value is -3.02. The van der Waals surface area contributed by atoms with Gasteiger partial charge in [-0.2, -0.15) is 5.26 Å². The summed E-state index contributed by atoms with van der Waals surface area (Å²) in [7, 11) is 1.36. The summed E-state index contributed by atoms with van der Waals surface area (Å²) in [6.07, 6.45) is 2.07. The highest BCUT2D eigenvalue weighted by Crippen LogP contribution is 2.39. The van der Waals surface area contributed by atoms with Crippen molar-refractivity contribution in [2.24, 2.45) is 11.8 Å². The fraction of sp³-hybridized carbons (Fsp3) is 0.462. The summed E-state index contributed by atoms with van der Waals surface area (Å²) in [5.41, 5.74) is 1.45. The first-order valence-electron chi connectivity index (χ1n) is 11.9. The van der Waals surface area contributed by atoms with E-state index in [9.17, 15) is 9.59 Å². The standard InChI is InChI=1S/C26H28Cl2N4O4/c1-16(36-24-6-3-17(12-29)13-30-24)20-14-32(15-21(20)19-4-5-22(27)23(28)11-19)25(33)18-7-9-31(10-8-18)26(34)35-2/h3-6,11,13,16,18,20-21H,7-10,14-15H2,1-2H3/t16-,20+,21+/m0/s1. The van der Waals surface area contributed by atoms with Crippen LogP contribution in [0.15, 0.2) is 36.5 Å². The number of aromatic nitrogens is 1. The summed E-state index contributed by atoms with van der Waals surface area (Å²) in [5, 5.41) is 9.96. The number of likely N-dealkylation sites (tertiary alicyclic amines) is 2. The van der Waals surface area contributed by atoms with Crippen molar-refractivity contribution in [3.8, 4) is 11.9 Å². The van der Waals surface area contributed by atoms with Gasteiger partial charge in [0, 0.05) is 56.2 Å². The van der Waals surface area contributed by atoms with E-state index in [0.717, 1.165) is 5.56 Å². The highest BCUT2D eigenvalue weighted by atomic mass is 35.5. The molecule has 8 nitrogen and oxygen atoms in total. The van der Waals surface area contributed by atoms with Gasteiger partial charge >= 0.3 is 6.09 Å². The maximum absolute atomic E-state index is 13.5. The van der Waals surface area contributed by atoms with Gasteiger partial charge in [0.15, 0.2) is 0 Å². The number of ether oxygens (including phenoxy) is 2. The lowest BCUT2D eigenvalue weighted by Crippen LogP contribution is -2.44. The molecule has 0 spiro atoms. The zero-order chi connectivity index (χ0) is 25.8. The Labute approximate surface area is 220 Å². The summed E-state index contributed by atoms with van der Waals surface area (Å²) in [4.78, 5) is 33.1. The SMILES string of the molecule is COC(=O)N1CCC(C(=O)N2C[C@H]([C@H](C)Oc3ccc(C#N)cn3)[C@@H](c3ccc(Cl)c(Cl)c3)C2)CC1. The summed E-state index contributed by atoms with van der Waals surface area (Å²) >= 11 is 12.5. The number of nitrogens with zero attached hydrogens (tertiary/aromatic N) is 4. The zero-order valence-corrected chi connectivity index (χ0v) is 21.7. The fourth-order valence-corrected chi connectivity index (χ4v) is 5.38. The van der Waals surface area contributed by atoms with Gasteiger partial charge < -0.3 is 19.3 Å². The van der Waals surface area contributed by atoms with Crippen molar-refractivity contribution < 1.29 is 19.1 Å². The first kappa shape index (κ1) is 26.1. The van der Waals surface area contributed by atoms with Crippen LogP contribution in [-0.4, -0.2) is 66.2 Å².